The van der Waals surface area contributed by atoms with Crippen molar-refractivity contribution in [1.29, 1.82) is 0 Å². The highest BCUT2D eigenvalue weighted by molar-refractivity contribution is 9.10. The van der Waals surface area contributed by atoms with Crippen molar-refractivity contribution in [3.8, 4) is 0 Å². The largest absolute Gasteiger partial charge is 0.277 e. The van der Waals surface area contributed by atoms with Gasteiger partial charge >= 0.3 is 0 Å². The van der Waals surface area contributed by atoms with Crippen molar-refractivity contribution in [2.45, 2.75) is 11.8 Å². The molecule has 21 heavy (non-hydrogen) atoms. The average Bonchev–Trinajstić information content (AvgIpc) is 2.42. The van der Waals surface area contributed by atoms with Crippen LogP contribution in [-0.2, 0) is 10.0 Å². The monoisotopic (exact) mass is 395 g/mol. The molecule has 0 atom stereocenters. The molecule has 0 heterocycles. The molecule has 8 heteroatoms. The Balaban J connectivity index is 2.47. The third-order valence-electron chi connectivity index (χ3n) is 2.68. The predicted molar refractivity (Wildman–Crippen MR) is 81.1 cm³/mol. The van der Waals surface area contributed by atoms with Gasteiger partial charge < -0.3 is 0 Å². The van der Waals surface area contributed by atoms with E-state index in [4.69, 9.17) is 11.6 Å². The zero-order chi connectivity index (χ0) is 15.8. The first kappa shape index (κ1) is 16.2. The summed E-state index contributed by atoms with van der Waals surface area (Å²) in [5, 5.41) is -0.641. The molecule has 3 nitrogen and oxygen atoms in total. The van der Waals surface area contributed by atoms with E-state index in [1.807, 2.05) is 6.92 Å². The second-order valence-corrected chi connectivity index (χ2v) is 7.18. The lowest BCUT2D eigenvalue weighted by molar-refractivity contribution is 0.509. The highest BCUT2D eigenvalue weighted by Crippen LogP contribution is 2.35. The Kier molecular flexibility index (Phi) is 4.55. The van der Waals surface area contributed by atoms with E-state index in [0.29, 0.717) is 0 Å². The summed E-state index contributed by atoms with van der Waals surface area (Å²) >= 11 is 8.60. The molecule has 0 saturated heterocycles. The van der Waals surface area contributed by atoms with Gasteiger partial charge in [-0.1, -0.05) is 29.3 Å². The third kappa shape index (κ3) is 3.36. The molecule has 0 aliphatic heterocycles. The molecule has 0 bridgehead atoms. The number of hydrogen-bond acceptors (Lipinski definition) is 2. The molecule has 0 aliphatic carbocycles. The topological polar surface area (TPSA) is 46.2 Å². The van der Waals surface area contributed by atoms with Gasteiger partial charge in [-0.15, -0.1) is 0 Å². The molecular formula is C13H9BrClF2NO2S. The first-order valence-corrected chi connectivity index (χ1v) is 8.30. The fourth-order valence-electron chi connectivity index (χ4n) is 1.57. The van der Waals surface area contributed by atoms with Crippen LogP contribution in [0.1, 0.15) is 5.56 Å². The van der Waals surface area contributed by atoms with Crippen LogP contribution < -0.4 is 4.72 Å². The molecule has 0 aromatic heterocycles. The summed E-state index contributed by atoms with van der Waals surface area (Å²) in [6.45, 7) is 1.81. The number of hydrogen-bond donors (Lipinski definition) is 1. The van der Waals surface area contributed by atoms with Gasteiger partial charge in [-0.3, -0.25) is 4.72 Å². The van der Waals surface area contributed by atoms with Crippen LogP contribution in [0.3, 0.4) is 0 Å². The van der Waals surface area contributed by atoms with Gasteiger partial charge in [0, 0.05) is 4.47 Å². The molecule has 2 aromatic rings. The summed E-state index contributed by atoms with van der Waals surface area (Å²) < 4.78 is 53.2. The molecule has 0 saturated carbocycles. The summed E-state index contributed by atoms with van der Waals surface area (Å²) in [5.41, 5.74) is 0.636. The maximum atomic E-state index is 13.4. The number of aryl methyl sites for hydroxylation is 1. The van der Waals surface area contributed by atoms with Crippen LogP contribution in [0.25, 0.3) is 0 Å². The smallest absolute Gasteiger partial charge is 0.261 e. The van der Waals surface area contributed by atoms with E-state index in [-0.39, 0.29) is 15.1 Å². The first-order valence-electron chi connectivity index (χ1n) is 5.65. The Morgan fingerprint density at radius 1 is 1.19 bits per heavy atom. The molecule has 0 unspecified atom stereocenters. The molecule has 0 fully saturated rings. The second kappa shape index (κ2) is 5.90. The van der Waals surface area contributed by atoms with E-state index >= 15 is 0 Å². The molecule has 112 valence electrons. The zero-order valence-electron chi connectivity index (χ0n) is 10.6. The minimum atomic E-state index is -3.96. The van der Waals surface area contributed by atoms with Crippen molar-refractivity contribution >= 4 is 43.2 Å². The van der Waals surface area contributed by atoms with Gasteiger partial charge in [0.05, 0.1) is 10.6 Å². The van der Waals surface area contributed by atoms with Gasteiger partial charge in [-0.05, 0) is 41.1 Å². The molecule has 0 amide bonds. The van der Waals surface area contributed by atoms with Crippen molar-refractivity contribution in [3.05, 3.63) is 57.0 Å². The van der Waals surface area contributed by atoms with Crippen LogP contribution in [0, 0.1) is 18.6 Å². The number of halogens is 4. The van der Waals surface area contributed by atoms with E-state index in [1.54, 1.807) is 12.1 Å². The van der Waals surface area contributed by atoms with Crippen molar-refractivity contribution in [3.63, 3.8) is 0 Å². The number of rotatable bonds is 3. The number of anilines is 1. The Labute approximate surface area is 134 Å². The number of benzene rings is 2. The predicted octanol–water partition coefficient (Wildman–Crippen LogP) is 4.49. The maximum absolute atomic E-state index is 13.4. The van der Waals surface area contributed by atoms with Gasteiger partial charge in [0.25, 0.3) is 10.0 Å². The first-order chi connectivity index (χ1) is 9.72. The molecule has 0 spiro atoms. The van der Waals surface area contributed by atoms with Crippen molar-refractivity contribution < 1.29 is 17.2 Å². The van der Waals surface area contributed by atoms with Gasteiger partial charge in [-0.2, -0.15) is 0 Å². The molecule has 0 radical (unpaired) electrons. The molecular weight excluding hydrogens is 388 g/mol. The summed E-state index contributed by atoms with van der Waals surface area (Å²) in [4.78, 5) is -0.0131. The van der Waals surface area contributed by atoms with E-state index in [1.165, 1.54) is 12.1 Å². The van der Waals surface area contributed by atoms with Gasteiger partial charge in [0.1, 0.15) is 5.02 Å². The van der Waals surface area contributed by atoms with Crippen molar-refractivity contribution in [2.24, 2.45) is 0 Å². The van der Waals surface area contributed by atoms with Crippen LogP contribution in [-0.4, -0.2) is 8.42 Å². The summed E-state index contributed by atoms with van der Waals surface area (Å²) in [7, 11) is -3.96. The molecule has 2 aromatic carbocycles. The van der Waals surface area contributed by atoms with Crippen molar-refractivity contribution in [1.82, 2.24) is 0 Å². The highest BCUT2D eigenvalue weighted by Gasteiger charge is 2.21. The Hall–Kier alpha value is -1.18. The Bertz CT molecular complexity index is 795. The number of nitrogens with one attached hydrogen (secondary N) is 1. The molecule has 2 rings (SSSR count). The Morgan fingerprint density at radius 2 is 1.76 bits per heavy atom. The maximum Gasteiger partial charge on any atom is 0.261 e. The quantitative estimate of drug-likeness (QED) is 0.614. The van der Waals surface area contributed by atoms with E-state index < -0.39 is 26.7 Å². The fourth-order valence-corrected chi connectivity index (χ4v) is 3.70. The van der Waals surface area contributed by atoms with E-state index in [9.17, 15) is 17.2 Å². The number of sulfonamides is 1. The Morgan fingerprint density at radius 3 is 2.33 bits per heavy atom. The van der Waals surface area contributed by atoms with Crippen molar-refractivity contribution in [2.75, 3.05) is 4.72 Å². The summed E-state index contributed by atoms with van der Waals surface area (Å²) in [6.07, 6.45) is 0. The second-order valence-electron chi connectivity index (χ2n) is 4.26. The van der Waals surface area contributed by atoms with Crippen LogP contribution in [0.15, 0.2) is 39.7 Å². The SMILES string of the molecule is Cc1ccc(S(=O)(=O)Nc2c(Br)cc(F)c(F)c2Cl)cc1. The summed E-state index contributed by atoms with van der Waals surface area (Å²) in [5.74, 6) is -2.49. The van der Waals surface area contributed by atoms with Crippen LogP contribution in [0.5, 0.6) is 0 Å². The lowest BCUT2D eigenvalue weighted by atomic mass is 10.2. The molecule has 0 aliphatic rings. The van der Waals surface area contributed by atoms with Gasteiger partial charge in [-0.25, -0.2) is 17.2 Å². The summed E-state index contributed by atoms with van der Waals surface area (Å²) in [6, 6.07) is 6.85. The lowest BCUT2D eigenvalue weighted by Crippen LogP contribution is -2.14. The average molecular weight is 397 g/mol. The lowest BCUT2D eigenvalue weighted by Gasteiger charge is -2.12. The van der Waals surface area contributed by atoms with E-state index in [2.05, 4.69) is 20.7 Å². The minimum Gasteiger partial charge on any atom is -0.277 e. The van der Waals surface area contributed by atoms with E-state index in [0.717, 1.165) is 11.6 Å². The normalized spacial score (nSPS) is 11.5. The molecule has 1 N–H and O–H groups in total. The third-order valence-corrected chi connectivity index (χ3v) is 5.03. The fraction of sp³-hybridized carbons (Fsp3) is 0.0769. The van der Waals surface area contributed by atoms with Gasteiger partial charge in [0.2, 0.25) is 0 Å². The standard InChI is InChI=1S/C13H9BrClF2NO2S/c1-7-2-4-8(5-3-7)21(19,20)18-13-9(14)6-10(16)12(17)11(13)15/h2-6,18H,1H3. The van der Waals surface area contributed by atoms with Gasteiger partial charge in [0.15, 0.2) is 11.6 Å². The van der Waals surface area contributed by atoms with Crippen LogP contribution in [0.2, 0.25) is 5.02 Å². The highest BCUT2D eigenvalue weighted by atomic mass is 79.9. The minimum absolute atomic E-state index is 0.00193. The van der Waals surface area contributed by atoms with Crippen LogP contribution in [0.4, 0.5) is 14.5 Å². The van der Waals surface area contributed by atoms with Crippen LogP contribution >= 0.6 is 27.5 Å². The zero-order valence-corrected chi connectivity index (χ0v) is 13.8.